The van der Waals surface area contributed by atoms with Gasteiger partial charge in [-0.3, -0.25) is 9.69 Å². The first-order valence-corrected chi connectivity index (χ1v) is 8.53. The standard InChI is InChI=1S/C19H27BrN2O/c1-7-9-22(10-8-2)13-15-11-17(20)16(19(4,5)6)12-18(15)21-14(3)23/h7-8,11-12H,1-2,9-10,13H2,3-6H3,(H,21,23). The Hall–Kier alpha value is -1.39. The van der Waals surface area contributed by atoms with E-state index in [9.17, 15) is 4.79 Å². The van der Waals surface area contributed by atoms with Crippen molar-refractivity contribution >= 4 is 27.5 Å². The van der Waals surface area contributed by atoms with Gasteiger partial charge in [-0.2, -0.15) is 0 Å². The molecule has 1 aromatic carbocycles. The lowest BCUT2D eigenvalue weighted by molar-refractivity contribution is -0.114. The Labute approximate surface area is 148 Å². The number of rotatable bonds is 7. The molecule has 0 atom stereocenters. The molecule has 0 unspecified atom stereocenters. The minimum Gasteiger partial charge on any atom is -0.326 e. The molecule has 0 bridgehead atoms. The van der Waals surface area contributed by atoms with Gasteiger partial charge in [0.15, 0.2) is 0 Å². The Morgan fingerprint density at radius 1 is 1.26 bits per heavy atom. The monoisotopic (exact) mass is 378 g/mol. The molecule has 1 rings (SSSR count). The third-order valence-corrected chi connectivity index (χ3v) is 4.14. The quantitative estimate of drug-likeness (QED) is 0.685. The molecule has 0 saturated heterocycles. The smallest absolute Gasteiger partial charge is 0.221 e. The van der Waals surface area contributed by atoms with Crippen molar-refractivity contribution in [1.29, 1.82) is 0 Å². The molecular formula is C19H27BrN2O. The summed E-state index contributed by atoms with van der Waals surface area (Å²) in [6, 6.07) is 4.17. The first kappa shape index (κ1) is 19.7. The summed E-state index contributed by atoms with van der Waals surface area (Å²) in [5.41, 5.74) is 3.10. The zero-order valence-electron chi connectivity index (χ0n) is 14.6. The van der Waals surface area contributed by atoms with Gasteiger partial charge in [0.25, 0.3) is 0 Å². The predicted molar refractivity (Wildman–Crippen MR) is 103 cm³/mol. The van der Waals surface area contributed by atoms with E-state index in [1.807, 2.05) is 12.2 Å². The van der Waals surface area contributed by atoms with Crippen LogP contribution in [0.15, 0.2) is 41.9 Å². The maximum atomic E-state index is 11.6. The van der Waals surface area contributed by atoms with Crippen LogP contribution in [0.4, 0.5) is 5.69 Å². The molecule has 4 heteroatoms. The van der Waals surface area contributed by atoms with Crippen molar-refractivity contribution in [2.45, 2.75) is 39.7 Å². The van der Waals surface area contributed by atoms with Crippen LogP contribution in [0, 0.1) is 0 Å². The number of anilines is 1. The third kappa shape index (κ3) is 5.96. The maximum absolute atomic E-state index is 11.6. The molecule has 0 spiro atoms. The van der Waals surface area contributed by atoms with Gasteiger partial charge in [-0.1, -0.05) is 48.9 Å². The van der Waals surface area contributed by atoms with Gasteiger partial charge < -0.3 is 5.32 Å². The predicted octanol–water partition coefficient (Wildman–Crippen LogP) is 4.88. The summed E-state index contributed by atoms with van der Waals surface area (Å²) in [5, 5.41) is 2.96. The zero-order chi connectivity index (χ0) is 17.6. The Balaban J connectivity index is 3.28. The highest BCUT2D eigenvalue weighted by Crippen LogP contribution is 2.34. The number of halogens is 1. The average Bonchev–Trinajstić information content (AvgIpc) is 2.40. The van der Waals surface area contributed by atoms with Gasteiger partial charge in [-0.15, -0.1) is 13.2 Å². The number of carbonyl (C=O) groups excluding carboxylic acids is 1. The molecule has 1 aromatic rings. The van der Waals surface area contributed by atoms with E-state index in [4.69, 9.17) is 0 Å². The SMILES string of the molecule is C=CCN(CC=C)Cc1cc(Br)c(C(C)(C)C)cc1NC(C)=O. The highest BCUT2D eigenvalue weighted by atomic mass is 79.9. The van der Waals surface area contributed by atoms with Crippen LogP contribution in [-0.4, -0.2) is 23.9 Å². The van der Waals surface area contributed by atoms with Gasteiger partial charge in [0.1, 0.15) is 0 Å². The summed E-state index contributed by atoms with van der Waals surface area (Å²) in [7, 11) is 0. The van der Waals surface area contributed by atoms with E-state index in [1.165, 1.54) is 12.5 Å². The van der Waals surface area contributed by atoms with Crippen LogP contribution in [0.5, 0.6) is 0 Å². The molecule has 0 aliphatic heterocycles. The van der Waals surface area contributed by atoms with Crippen molar-refractivity contribution in [3.63, 3.8) is 0 Å². The van der Waals surface area contributed by atoms with Crippen molar-refractivity contribution in [2.75, 3.05) is 18.4 Å². The van der Waals surface area contributed by atoms with Gasteiger partial charge in [0.05, 0.1) is 0 Å². The van der Waals surface area contributed by atoms with Crippen molar-refractivity contribution < 1.29 is 4.79 Å². The number of nitrogens with one attached hydrogen (secondary N) is 1. The molecule has 0 radical (unpaired) electrons. The molecule has 0 aliphatic carbocycles. The second-order valence-electron chi connectivity index (χ2n) is 6.69. The van der Waals surface area contributed by atoms with Crippen LogP contribution in [0.2, 0.25) is 0 Å². The van der Waals surface area contributed by atoms with E-state index < -0.39 is 0 Å². The second kappa shape index (κ2) is 8.46. The summed E-state index contributed by atoms with van der Waals surface area (Å²) < 4.78 is 1.06. The van der Waals surface area contributed by atoms with E-state index in [0.717, 1.165) is 35.4 Å². The Bertz CT molecular complexity index is 578. The maximum Gasteiger partial charge on any atom is 0.221 e. The number of amides is 1. The molecular weight excluding hydrogens is 352 g/mol. The summed E-state index contributed by atoms with van der Waals surface area (Å²) in [4.78, 5) is 13.8. The van der Waals surface area contributed by atoms with E-state index in [0.29, 0.717) is 0 Å². The molecule has 0 saturated carbocycles. The summed E-state index contributed by atoms with van der Waals surface area (Å²) in [5.74, 6) is -0.0626. The Kier molecular flexibility index (Phi) is 7.23. The van der Waals surface area contributed by atoms with Crippen molar-refractivity contribution in [1.82, 2.24) is 4.90 Å². The molecule has 1 amide bonds. The van der Waals surface area contributed by atoms with E-state index in [2.05, 4.69) is 72.2 Å². The van der Waals surface area contributed by atoms with Gasteiger partial charge >= 0.3 is 0 Å². The number of benzene rings is 1. The number of hydrogen-bond acceptors (Lipinski definition) is 2. The fraction of sp³-hybridized carbons (Fsp3) is 0.421. The van der Waals surface area contributed by atoms with Crippen LogP contribution in [0.3, 0.4) is 0 Å². The van der Waals surface area contributed by atoms with Crippen LogP contribution in [0.1, 0.15) is 38.8 Å². The lowest BCUT2D eigenvalue weighted by Crippen LogP contribution is -2.24. The Morgan fingerprint density at radius 3 is 2.26 bits per heavy atom. The van der Waals surface area contributed by atoms with Crippen LogP contribution in [-0.2, 0) is 16.8 Å². The van der Waals surface area contributed by atoms with Gasteiger partial charge in [-0.25, -0.2) is 0 Å². The van der Waals surface area contributed by atoms with Crippen molar-refractivity contribution in [2.24, 2.45) is 0 Å². The summed E-state index contributed by atoms with van der Waals surface area (Å²) in [6.07, 6.45) is 3.75. The number of hydrogen-bond donors (Lipinski definition) is 1. The lowest BCUT2D eigenvalue weighted by Gasteiger charge is -2.26. The largest absolute Gasteiger partial charge is 0.326 e. The summed E-state index contributed by atoms with van der Waals surface area (Å²) in [6.45, 7) is 17.9. The van der Waals surface area contributed by atoms with Gasteiger partial charge in [0, 0.05) is 36.7 Å². The molecule has 0 aliphatic rings. The molecule has 3 nitrogen and oxygen atoms in total. The number of nitrogens with zero attached hydrogens (tertiary/aromatic N) is 1. The average molecular weight is 379 g/mol. The van der Waals surface area contributed by atoms with E-state index in [1.54, 1.807) is 0 Å². The fourth-order valence-corrected chi connectivity index (χ4v) is 3.42. The van der Waals surface area contributed by atoms with Gasteiger partial charge in [-0.05, 0) is 28.7 Å². The molecule has 0 fully saturated rings. The minimum atomic E-state index is -0.0626. The third-order valence-electron chi connectivity index (χ3n) is 3.48. The van der Waals surface area contributed by atoms with Crippen molar-refractivity contribution in [3.8, 4) is 0 Å². The van der Waals surface area contributed by atoms with Crippen LogP contribution < -0.4 is 5.32 Å². The van der Waals surface area contributed by atoms with Gasteiger partial charge in [0.2, 0.25) is 5.91 Å². The van der Waals surface area contributed by atoms with E-state index in [-0.39, 0.29) is 11.3 Å². The lowest BCUT2D eigenvalue weighted by atomic mass is 9.86. The highest BCUT2D eigenvalue weighted by Gasteiger charge is 2.20. The number of carbonyl (C=O) groups is 1. The van der Waals surface area contributed by atoms with E-state index >= 15 is 0 Å². The molecule has 126 valence electrons. The highest BCUT2D eigenvalue weighted by molar-refractivity contribution is 9.10. The zero-order valence-corrected chi connectivity index (χ0v) is 16.2. The van der Waals surface area contributed by atoms with Crippen LogP contribution >= 0.6 is 15.9 Å². The normalized spacial score (nSPS) is 11.4. The Morgan fingerprint density at radius 2 is 1.83 bits per heavy atom. The molecule has 1 N–H and O–H groups in total. The fourth-order valence-electron chi connectivity index (χ4n) is 2.44. The molecule has 0 aromatic heterocycles. The van der Waals surface area contributed by atoms with Crippen molar-refractivity contribution in [3.05, 3.63) is 53.0 Å². The second-order valence-corrected chi connectivity index (χ2v) is 7.55. The minimum absolute atomic E-state index is 0.00744. The first-order chi connectivity index (χ1) is 10.7. The molecule has 23 heavy (non-hydrogen) atoms. The topological polar surface area (TPSA) is 32.3 Å². The first-order valence-electron chi connectivity index (χ1n) is 7.73. The molecule has 0 heterocycles. The summed E-state index contributed by atoms with van der Waals surface area (Å²) >= 11 is 3.68. The van der Waals surface area contributed by atoms with Crippen LogP contribution in [0.25, 0.3) is 0 Å².